The van der Waals surface area contributed by atoms with Gasteiger partial charge in [-0.15, -0.1) is 0 Å². The Kier molecular flexibility index (Phi) is 7.39. The molecule has 1 N–H and O–H groups in total. The molecule has 0 spiro atoms. The van der Waals surface area contributed by atoms with E-state index in [2.05, 4.69) is 5.32 Å². The van der Waals surface area contributed by atoms with E-state index < -0.39 is 5.54 Å². The first kappa shape index (κ1) is 16.4. The van der Waals surface area contributed by atoms with E-state index in [-0.39, 0.29) is 5.97 Å². The van der Waals surface area contributed by atoms with Crippen LogP contribution in [-0.2, 0) is 14.3 Å². The fourth-order valence-corrected chi connectivity index (χ4v) is 2.63. The second kappa shape index (κ2) is 8.54. The van der Waals surface area contributed by atoms with E-state index in [9.17, 15) is 4.79 Å². The third kappa shape index (κ3) is 5.49. The first-order chi connectivity index (χ1) is 9.12. The molecule has 1 aliphatic carbocycles. The number of hydrogen-bond acceptors (Lipinski definition) is 4. The molecule has 0 aliphatic heterocycles. The third-order valence-corrected chi connectivity index (χ3v) is 3.70. The molecule has 4 nitrogen and oxygen atoms in total. The summed E-state index contributed by atoms with van der Waals surface area (Å²) >= 11 is 0. The number of carbonyl (C=O) groups is 1. The summed E-state index contributed by atoms with van der Waals surface area (Å²) in [6, 6.07) is 0.400. The minimum absolute atomic E-state index is 0.201. The zero-order chi connectivity index (χ0) is 14.1. The van der Waals surface area contributed by atoms with Crippen molar-refractivity contribution in [2.24, 2.45) is 0 Å². The van der Waals surface area contributed by atoms with E-state index in [4.69, 9.17) is 9.47 Å². The molecule has 19 heavy (non-hydrogen) atoms. The normalized spacial score (nSPS) is 20.6. The monoisotopic (exact) mass is 271 g/mol. The number of ether oxygens (including phenoxy) is 2. The number of carbonyl (C=O) groups excluding carboxylic acids is 1. The van der Waals surface area contributed by atoms with Crippen LogP contribution in [0.25, 0.3) is 0 Å². The van der Waals surface area contributed by atoms with Crippen LogP contribution in [0.3, 0.4) is 0 Å². The Hall–Kier alpha value is -0.610. The van der Waals surface area contributed by atoms with Crippen LogP contribution in [-0.4, -0.2) is 37.4 Å². The molecule has 0 saturated heterocycles. The van der Waals surface area contributed by atoms with Gasteiger partial charge in [-0.3, -0.25) is 5.32 Å². The fourth-order valence-electron chi connectivity index (χ4n) is 2.63. The second-order valence-corrected chi connectivity index (χ2v) is 5.52. The maximum absolute atomic E-state index is 12.2. The summed E-state index contributed by atoms with van der Waals surface area (Å²) in [6.45, 7) is 7.07. The van der Waals surface area contributed by atoms with Crippen molar-refractivity contribution >= 4 is 5.97 Å². The predicted octanol–water partition coefficient (Wildman–Crippen LogP) is 2.66. The van der Waals surface area contributed by atoms with Gasteiger partial charge in [0.2, 0.25) is 0 Å². The van der Waals surface area contributed by atoms with Gasteiger partial charge in [-0.05, 0) is 33.6 Å². The van der Waals surface area contributed by atoms with Gasteiger partial charge in [-0.25, -0.2) is 4.79 Å². The zero-order valence-corrected chi connectivity index (χ0v) is 12.7. The zero-order valence-electron chi connectivity index (χ0n) is 12.7. The topological polar surface area (TPSA) is 47.6 Å². The van der Waals surface area contributed by atoms with E-state index in [0.717, 1.165) is 12.8 Å². The van der Waals surface area contributed by atoms with Crippen molar-refractivity contribution in [1.29, 1.82) is 0 Å². The van der Waals surface area contributed by atoms with Crippen molar-refractivity contribution in [2.75, 3.05) is 19.8 Å². The minimum Gasteiger partial charge on any atom is -0.465 e. The Morgan fingerprint density at radius 1 is 1.16 bits per heavy atom. The van der Waals surface area contributed by atoms with Gasteiger partial charge in [0, 0.05) is 12.6 Å². The molecule has 1 saturated carbocycles. The fraction of sp³-hybridized carbons (Fsp3) is 0.933. The first-order valence-corrected chi connectivity index (χ1v) is 7.65. The summed E-state index contributed by atoms with van der Waals surface area (Å²) in [4.78, 5) is 12.2. The van der Waals surface area contributed by atoms with Gasteiger partial charge in [-0.1, -0.05) is 25.7 Å². The van der Waals surface area contributed by atoms with Crippen molar-refractivity contribution in [2.45, 2.75) is 70.9 Å². The van der Waals surface area contributed by atoms with E-state index in [1.54, 1.807) is 0 Å². The Balaban J connectivity index is 2.63. The summed E-state index contributed by atoms with van der Waals surface area (Å²) in [5, 5.41) is 3.49. The maximum Gasteiger partial charge on any atom is 0.328 e. The molecule has 1 atom stereocenters. The lowest BCUT2D eigenvalue weighted by Crippen LogP contribution is -2.57. The van der Waals surface area contributed by atoms with Crippen LogP contribution in [0.15, 0.2) is 0 Å². The van der Waals surface area contributed by atoms with Crippen molar-refractivity contribution < 1.29 is 14.3 Å². The summed E-state index contributed by atoms with van der Waals surface area (Å²) in [7, 11) is 0. The molecular formula is C15H29NO3. The third-order valence-electron chi connectivity index (χ3n) is 3.70. The molecule has 0 bridgehead atoms. The van der Waals surface area contributed by atoms with Crippen LogP contribution >= 0.6 is 0 Å². The van der Waals surface area contributed by atoms with E-state index in [1.165, 1.54) is 25.7 Å². The van der Waals surface area contributed by atoms with Crippen molar-refractivity contribution in [3.63, 3.8) is 0 Å². The van der Waals surface area contributed by atoms with Crippen molar-refractivity contribution in [1.82, 2.24) is 5.32 Å². The molecule has 112 valence electrons. The van der Waals surface area contributed by atoms with Gasteiger partial charge in [0.1, 0.15) is 5.54 Å². The van der Waals surface area contributed by atoms with E-state index >= 15 is 0 Å². The summed E-state index contributed by atoms with van der Waals surface area (Å²) in [5.74, 6) is -0.201. The molecule has 0 aromatic carbocycles. The van der Waals surface area contributed by atoms with Gasteiger partial charge < -0.3 is 9.47 Å². The molecule has 0 radical (unpaired) electrons. The Morgan fingerprint density at radius 3 is 2.32 bits per heavy atom. The van der Waals surface area contributed by atoms with Crippen LogP contribution in [0, 0.1) is 0 Å². The molecule has 1 unspecified atom stereocenters. The van der Waals surface area contributed by atoms with E-state index in [0.29, 0.717) is 25.9 Å². The van der Waals surface area contributed by atoms with Gasteiger partial charge in [0.25, 0.3) is 0 Å². The highest BCUT2D eigenvalue weighted by Gasteiger charge is 2.37. The average molecular weight is 271 g/mol. The minimum atomic E-state index is -0.721. The van der Waals surface area contributed by atoms with Crippen molar-refractivity contribution in [3.8, 4) is 0 Å². The van der Waals surface area contributed by atoms with E-state index in [1.807, 2.05) is 20.8 Å². The summed E-state index contributed by atoms with van der Waals surface area (Å²) in [5.41, 5.74) is -0.721. The lowest BCUT2D eigenvalue weighted by Gasteiger charge is -2.32. The van der Waals surface area contributed by atoms with Crippen LogP contribution in [0.2, 0.25) is 0 Å². The molecule has 1 rings (SSSR count). The highest BCUT2D eigenvalue weighted by Crippen LogP contribution is 2.20. The number of hydrogen-bond donors (Lipinski definition) is 1. The SMILES string of the molecule is CCOCC(C)(NC1CCCCCC1)C(=O)OCC. The number of nitrogens with one attached hydrogen (secondary N) is 1. The molecule has 0 amide bonds. The largest absolute Gasteiger partial charge is 0.465 e. The molecule has 0 aromatic heterocycles. The Labute approximate surface area is 117 Å². The predicted molar refractivity (Wildman–Crippen MR) is 76.2 cm³/mol. The number of rotatable bonds is 7. The summed E-state index contributed by atoms with van der Waals surface area (Å²) < 4.78 is 10.7. The van der Waals surface area contributed by atoms with Gasteiger partial charge in [0.05, 0.1) is 13.2 Å². The summed E-state index contributed by atoms with van der Waals surface area (Å²) in [6.07, 6.45) is 7.37. The maximum atomic E-state index is 12.2. The van der Waals surface area contributed by atoms with Gasteiger partial charge in [-0.2, -0.15) is 0 Å². The van der Waals surface area contributed by atoms with Crippen LogP contribution in [0.5, 0.6) is 0 Å². The Morgan fingerprint density at radius 2 is 1.79 bits per heavy atom. The number of esters is 1. The molecule has 1 fully saturated rings. The van der Waals surface area contributed by atoms with Gasteiger partial charge in [0.15, 0.2) is 0 Å². The second-order valence-electron chi connectivity index (χ2n) is 5.52. The Bertz CT molecular complexity index is 262. The highest BCUT2D eigenvalue weighted by atomic mass is 16.5. The van der Waals surface area contributed by atoms with Gasteiger partial charge >= 0.3 is 5.97 Å². The average Bonchev–Trinajstić information content (AvgIpc) is 2.65. The molecular weight excluding hydrogens is 242 g/mol. The van der Waals surface area contributed by atoms with Crippen LogP contribution < -0.4 is 5.32 Å². The molecule has 0 heterocycles. The quantitative estimate of drug-likeness (QED) is 0.571. The first-order valence-electron chi connectivity index (χ1n) is 7.65. The highest BCUT2D eigenvalue weighted by molar-refractivity contribution is 5.80. The molecule has 0 aromatic rings. The lowest BCUT2D eigenvalue weighted by molar-refractivity contribution is -0.153. The smallest absolute Gasteiger partial charge is 0.328 e. The van der Waals surface area contributed by atoms with Crippen LogP contribution in [0.1, 0.15) is 59.3 Å². The molecule has 1 aliphatic rings. The van der Waals surface area contributed by atoms with Crippen molar-refractivity contribution in [3.05, 3.63) is 0 Å². The standard InChI is InChI=1S/C15H29NO3/c1-4-18-12-15(3,14(17)19-5-2)16-13-10-8-6-7-9-11-13/h13,16H,4-12H2,1-3H3. The lowest BCUT2D eigenvalue weighted by atomic mass is 9.99. The van der Waals surface area contributed by atoms with Crippen LogP contribution in [0.4, 0.5) is 0 Å². The molecule has 4 heteroatoms.